The molecule has 19 heavy (non-hydrogen) atoms. The van der Waals surface area contributed by atoms with E-state index in [1.54, 1.807) is 10.9 Å². The van der Waals surface area contributed by atoms with Crippen molar-refractivity contribution in [3.05, 3.63) is 65.9 Å². The largest absolute Gasteiger partial charge is 0.340 e. The molecular weight excluding hydrogens is 260 g/mol. The van der Waals surface area contributed by atoms with Crippen LogP contribution in [0.2, 0.25) is 5.02 Å². The Bertz CT molecular complexity index is 662. The molecule has 3 rings (SSSR count). The van der Waals surface area contributed by atoms with E-state index in [4.69, 9.17) is 11.6 Å². The highest BCUT2D eigenvalue weighted by Gasteiger charge is 2.00. The fourth-order valence-electron chi connectivity index (χ4n) is 1.71. The van der Waals surface area contributed by atoms with Gasteiger partial charge in [0.2, 0.25) is 0 Å². The van der Waals surface area contributed by atoms with Crippen molar-refractivity contribution >= 4 is 23.1 Å². The Kier molecular flexibility index (Phi) is 3.16. The summed E-state index contributed by atoms with van der Waals surface area (Å²) >= 11 is 5.85. The summed E-state index contributed by atoms with van der Waals surface area (Å²) in [5, 5.41) is 8.09. The minimum Gasteiger partial charge on any atom is -0.340 e. The highest BCUT2D eigenvalue weighted by molar-refractivity contribution is 6.30. The highest BCUT2D eigenvalue weighted by atomic mass is 35.5. The average Bonchev–Trinajstić information content (AvgIpc) is 2.96. The maximum absolute atomic E-state index is 5.85. The zero-order valence-corrected chi connectivity index (χ0v) is 10.7. The quantitative estimate of drug-likeness (QED) is 0.790. The van der Waals surface area contributed by atoms with Crippen LogP contribution in [0.1, 0.15) is 0 Å². The summed E-state index contributed by atoms with van der Waals surface area (Å²) < 4.78 is 1.72. The normalized spacial score (nSPS) is 10.4. The van der Waals surface area contributed by atoms with Gasteiger partial charge in [0.05, 0.1) is 0 Å². The third-order valence-electron chi connectivity index (χ3n) is 2.59. The standard InChI is InChI=1S/C14H11ClN4/c15-11-5-7-12(8-6-11)17-13-3-1-4-14(18-13)19-10-2-9-16-19/h1-10H,(H,17,18). The molecular formula is C14H11ClN4. The van der Waals surface area contributed by atoms with Crippen molar-refractivity contribution in [2.45, 2.75) is 0 Å². The van der Waals surface area contributed by atoms with Crippen molar-refractivity contribution in [1.29, 1.82) is 0 Å². The Morgan fingerprint density at radius 2 is 1.84 bits per heavy atom. The topological polar surface area (TPSA) is 42.7 Å². The van der Waals surface area contributed by atoms with E-state index in [1.807, 2.05) is 54.7 Å². The smallest absolute Gasteiger partial charge is 0.155 e. The first-order valence-electron chi connectivity index (χ1n) is 5.81. The number of pyridine rings is 1. The Hall–Kier alpha value is -2.33. The first-order valence-corrected chi connectivity index (χ1v) is 6.19. The summed E-state index contributed by atoms with van der Waals surface area (Å²) in [4.78, 5) is 4.49. The fourth-order valence-corrected chi connectivity index (χ4v) is 1.83. The van der Waals surface area contributed by atoms with Crippen LogP contribution in [-0.4, -0.2) is 14.8 Å². The van der Waals surface area contributed by atoms with Crippen molar-refractivity contribution in [1.82, 2.24) is 14.8 Å². The third-order valence-corrected chi connectivity index (χ3v) is 2.84. The number of rotatable bonds is 3. The van der Waals surface area contributed by atoms with E-state index >= 15 is 0 Å². The lowest BCUT2D eigenvalue weighted by Gasteiger charge is -2.07. The summed E-state index contributed by atoms with van der Waals surface area (Å²) in [6.07, 6.45) is 3.58. The van der Waals surface area contributed by atoms with E-state index in [0.29, 0.717) is 5.02 Å². The van der Waals surface area contributed by atoms with Gasteiger partial charge in [-0.2, -0.15) is 5.10 Å². The Morgan fingerprint density at radius 1 is 1.00 bits per heavy atom. The van der Waals surface area contributed by atoms with Crippen LogP contribution in [0.3, 0.4) is 0 Å². The minimum absolute atomic E-state index is 0.712. The summed E-state index contributed by atoms with van der Waals surface area (Å²) in [5.41, 5.74) is 0.939. The molecule has 0 bridgehead atoms. The van der Waals surface area contributed by atoms with Crippen LogP contribution < -0.4 is 5.32 Å². The van der Waals surface area contributed by atoms with Crippen molar-refractivity contribution in [3.8, 4) is 5.82 Å². The van der Waals surface area contributed by atoms with Crippen LogP contribution in [0.15, 0.2) is 60.9 Å². The first-order chi connectivity index (χ1) is 9.31. The molecule has 0 saturated carbocycles. The van der Waals surface area contributed by atoms with Crippen molar-refractivity contribution in [3.63, 3.8) is 0 Å². The predicted octanol–water partition coefficient (Wildman–Crippen LogP) is 3.66. The molecule has 0 saturated heterocycles. The zero-order chi connectivity index (χ0) is 13.1. The van der Waals surface area contributed by atoms with Crippen LogP contribution in [0, 0.1) is 0 Å². The van der Waals surface area contributed by atoms with Gasteiger partial charge in [0.15, 0.2) is 5.82 Å². The molecule has 0 radical (unpaired) electrons. The Balaban J connectivity index is 1.85. The van der Waals surface area contributed by atoms with Crippen LogP contribution in [0.4, 0.5) is 11.5 Å². The molecule has 0 fully saturated rings. The van der Waals surface area contributed by atoms with Gasteiger partial charge < -0.3 is 5.32 Å². The number of benzene rings is 1. The summed E-state index contributed by atoms with van der Waals surface area (Å²) in [6, 6.07) is 15.1. The van der Waals surface area contributed by atoms with Crippen LogP contribution in [0.5, 0.6) is 0 Å². The Labute approximate surface area is 115 Å². The number of hydrogen-bond donors (Lipinski definition) is 1. The lowest BCUT2D eigenvalue weighted by atomic mass is 10.3. The number of nitrogens with one attached hydrogen (secondary N) is 1. The highest BCUT2D eigenvalue weighted by Crippen LogP contribution is 2.18. The van der Waals surface area contributed by atoms with Crippen LogP contribution >= 0.6 is 11.6 Å². The summed E-state index contributed by atoms with van der Waals surface area (Å²) in [5.74, 6) is 1.53. The second-order valence-electron chi connectivity index (χ2n) is 3.96. The van der Waals surface area contributed by atoms with E-state index in [0.717, 1.165) is 17.3 Å². The Morgan fingerprint density at radius 3 is 2.58 bits per heavy atom. The zero-order valence-electron chi connectivity index (χ0n) is 9.99. The van der Waals surface area contributed by atoms with E-state index in [2.05, 4.69) is 15.4 Å². The molecule has 94 valence electrons. The molecule has 0 aliphatic heterocycles. The van der Waals surface area contributed by atoms with Gasteiger partial charge in [0.1, 0.15) is 5.82 Å². The second-order valence-corrected chi connectivity index (χ2v) is 4.40. The molecule has 1 aromatic carbocycles. The monoisotopic (exact) mass is 270 g/mol. The van der Waals surface area contributed by atoms with Crippen LogP contribution in [0.25, 0.3) is 5.82 Å². The molecule has 0 unspecified atom stereocenters. The van der Waals surface area contributed by atoms with Gasteiger partial charge in [-0.15, -0.1) is 0 Å². The van der Waals surface area contributed by atoms with Gasteiger partial charge in [0, 0.05) is 23.1 Å². The van der Waals surface area contributed by atoms with Gasteiger partial charge in [-0.25, -0.2) is 9.67 Å². The predicted molar refractivity (Wildman–Crippen MR) is 76.1 cm³/mol. The first kappa shape index (κ1) is 11.7. The molecule has 0 spiro atoms. The molecule has 5 heteroatoms. The van der Waals surface area contributed by atoms with E-state index < -0.39 is 0 Å². The number of hydrogen-bond acceptors (Lipinski definition) is 3. The molecule has 0 atom stereocenters. The molecule has 4 nitrogen and oxygen atoms in total. The third kappa shape index (κ3) is 2.74. The van der Waals surface area contributed by atoms with Gasteiger partial charge >= 0.3 is 0 Å². The lowest BCUT2D eigenvalue weighted by molar-refractivity contribution is 0.848. The average molecular weight is 271 g/mol. The maximum Gasteiger partial charge on any atom is 0.155 e. The summed E-state index contributed by atoms with van der Waals surface area (Å²) in [7, 11) is 0. The number of aromatic nitrogens is 3. The molecule has 0 aliphatic rings. The van der Waals surface area contributed by atoms with Gasteiger partial charge in [-0.1, -0.05) is 17.7 Å². The second kappa shape index (κ2) is 5.12. The van der Waals surface area contributed by atoms with Crippen LogP contribution in [-0.2, 0) is 0 Å². The van der Waals surface area contributed by atoms with E-state index in [9.17, 15) is 0 Å². The number of anilines is 2. The molecule has 2 heterocycles. The fraction of sp³-hybridized carbons (Fsp3) is 0. The molecule has 2 aromatic heterocycles. The van der Waals surface area contributed by atoms with Crippen molar-refractivity contribution in [2.75, 3.05) is 5.32 Å². The number of nitrogens with zero attached hydrogens (tertiary/aromatic N) is 3. The summed E-state index contributed by atoms with van der Waals surface area (Å²) in [6.45, 7) is 0. The van der Waals surface area contributed by atoms with Crippen molar-refractivity contribution in [2.24, 2.45) is 0 Å². The van der Waals surface area contributed by atoms with E-state index in [-0.39, 0.29) is 0 Å². The van der Waals surface area contributed by atoms with Gasteiger partial charge in [-0.3, -0.25) is 0 Å². The maximum atomic E-state index is 5.85. The van der Waals surface area contributed by atoms with Gasteiger partial charge in [-0.05, 0) is 42.5 Å². The number of halogens is 1. The molecule has 3 aromatic rings. The molecule has 1 N–H and O–H groups in total. The minimum atomic E-state index is 0.712. The lowest BCUT2D eigenvalue weighted by Crippen LogP contribution is -2.00. The molecule has 0 amide bonds. The van der Waals surface area contributed by atoms with E-state index in [1.165, 1.54) is 0 Å². The van der Waals surface area contributed by atoms with Crippen molar-refractivity contribution < 1.29 is 0 Å². The van der Waals surface area contributed by atoms with Gasteiger partial charge in [0.25, 0.3) is 0 Å². The molecule has 0 aliphatic carbocycles. The SMILES string of the molecule is Clc1ccc(Nc2cccc(-n3cccn3)n2)cc1.